The van der Waals surface area contributed by atoms with Crippen LogP contribution < -0.4 is 10.2 Å². The van der Waals surface area contributed by atoms with Gasteiger partial charge in [0.05, 0.1) is 11.9 Å². The molecule has 0 radical (unpaired) electrons. The van der Waals surface area contributed by atoms with E-state index in [0.717, 1.165) is 57.0 Å². The Morgan fingerprint density at radius 3 is 2.76 bits per heavy atom. The second-order valence-electron chi connectivity index (χ2n) is 7.17. The second kappa shape index (κ2) is 6.15. The van der Waals surface area contributed by atoms with E-state index in [2.05, 4.69) is 45.6 Å². The summed E-state index contributed by atoms with van der Waals surface area (Å²) in [5, 5.41) is 8.06. The van der Waals surface area contributed by atoms with Crippen molar-refractivity contribution in [3.05, 3.63) is 59.4 Å². The van der Waals surface area contributed by atoms with Crippen LogP contribution in [0.25, 0.3) is 5.65 Å². The topological polar surface area (TPSA) is 45.5 Å². The van der Waals surface area contributed by atoms with Crippen molar-refractivity contribution in [2.75, 3.05) is 31.1 Å². The Labute approximate surface area is 147 Å². The van der Waals surface area contributed by atoms with Gasteiger partial charge < -0.3 is 10.2 Å². The first-order valence-electron chi connectivity index (χ1n) is 9.23. The molecule has 1 N–H and O–H groups in total. The van der Waals surface area contributed by atoms with Crippen LogP contribution in [-0.4, -0.2) is 40.8 Å². The summed E-state index contributed by atoms with van der Waals surface area (Å²) in [7, 11) is 0. The quantitative estimate of drug-likeness (QED) is 0.797. The smallest absolute Gasteiger partial charge is 0.157 e. The maximum Gasteiger partial charge on any atom is 0.157 e. The summed E-state index contributed by atoms with van der Waals surface area (Å²) < 4.78 is 2.04. The number of anilines is 1. The third kappa shape index (κ3) is 2.68. The summed E-state index contributed by atoms with van der Waals surface area (Å²) >= 11 is 0. The highest BCUT2D eigenvalue weighted by Crippen LogP contribution is 2.32. The zero-order valence-electron chi connectivity index (χ0n) is 14.4. The van der Waals surface area contributed by atoms with Gasteiger partial charge in [-0.05, 0) is 30.9 Å². The van der Waals surface area contributed by atoms with Gasteiger partial charge in [-0.25, -0.2) is 4.98 Å². The van der Waals surface area contributed by atoms with Gasteiger partial charge >= 0.3 is 0 Å². The van der Waals surface area contributed by atoms with Gasteiger partial charge in [0.2, 0.25) is 0 Å². The molecule has 4 heterocycles. The fourth-order valence-corrected chi connectivity index (χ4v) is 4.16. The van der Waals surface area contributed by atoms with Crippen LogP contribution in [0.3, 0.4) is 0 Å². The van der Waals surface area contributed by atoms with Crippen LogP contribution in [0.5, 0.6) is 0 Å². The zero-order valence-corrected chi connectivity index (χ0v) is 14.4. The van der Waals surface area contributed by atoms with E-state index in [4.69, 9.17) is 4.98 Å². The first kappa shape index (κ1) is 14.9. The lowest BCUT2D eigenvalue weighted by Crippen LogP contribution is -2.49. The van der Waals surface area contributed by atoms with Gasteiger partial charge in [0, 0.05) is 37.7 Å². The highest BCUT2D eigenvalue weighted by Gasteiger charge is 2.31. The number of aromatic nitrogens is 3. The predicted molar refractivity (Wildman–Crippen MR) is 99.1 cm³/mol. The molecule has 128 valence electrons. The monoisotopic (exact) mass is 333 g/mol. The van der Waals surface area contributed by atoms with E-state index >= 15 is 0 Å². The number of nitrogens with zero attached hydrogens (tertiary/aromatic N) is 4. The number of hydrogen-bond donors (Lipinski definition) is 1. The number of nitrogens with one attached hydrogen (secondary N) is 1. The highest BCUT2D eigenvalue weighted by atomic mass is 15.4. The Bertz CT molecular complexity index is 880. The van der Waals surface area contributed by atoms with Gasteiger partial charge in [0.1, 0.15) is 5.82 Å². The normalized spacial score (nSPS) is 18.0. The van der Waals surface area contributed by atoms with Gasteiger partial charge in [-0.2, -0.15) is 9.61 Å². The fraction of sp³-hybridized carbons (Fsp3) is 0.400. The third-order valence-electron chi connectivity index (χ3n) is 5.41. The average molecular weight is 333 g/mol. The molecule has 0 spiro atoms. The van der Waals surface area contributed by atoms with Crippen molar-refractivity contribution >= 4 is 11.5 Å². The van der Waals surface area contributed by atoms with Crippen LogP contribution in [-0.2, 0) is 19.3 Å². The van der Waals surface area contributed by atoms with Crippen molar-refractivity contribution in [2.45, 2.75) is 19.3 Å². The molecule has 0 saturated carbocycles. The number of rotatable bonds is 3. The van der Waals surface area contributed by atoms with Crippen LogP contribution in [0.15, 0.2) is 42.6 Å². The van der Waals surface area contributed by atoms with Crippen molar-refractivity contribution < 1.29 is 0 Å². The van der Waals surface area contributed by atoms with E-state index in [1.807, 2.05) is 16.8 Å². The van der Waals surface area contributed by atoms with Crippen LogP contribution in [0.4, 0.5) is 5.82 Å². The maximum atomic E-state index is 4.86. The lowest BCUT2D eigenvalue weighted by atomic mass is 9.91. The minimum Gasteiger partial charge on any atom is -0.355 e. The Morgan fingerprint density at radius 1 is 1.04 bits per heavy atom. The summed E-state index contributed by atoms with van der Waals surface area (Å²) in [4.78, 5) is 7.36. The molecule has 0 unspecified atom stereocenters. The van der Waals surface area contributed by atoms with E-state index in [0.29, 0.717) is 0 Å². The van der Waals surface area contributed by atoms with Gasteiger partial charge in [-0.15, -0.1) is 0 Å². The molecule has 2 aromatic heterocycles. The van der Waals surface area contributed by atoms with Crippen LogP contribution in [0.2, 0.25) is 0 Å². The molecule has 5 heteroatoms. The molecule has 5 rings (SSSR count). The Balaban J connectivity index is 1.43. The molecule has 5 nitrogen and oxygen atoms in total. The largest absolute Gasteiger partial charge is 0.355 e. The van der Waals surface area contributed by atoms with Crippen LogP contribution in [0, 0.1) is 5.92 Å². The first-order valence-corrected chi connectivity index (χ1v) is 9.23. The van der Waals surface area contributed by atoms with Crippen molar-refractivity contribution in [1.29, 1.82) is 0 Å². The van der Waals surface area contributed by atoms with E-state index in [9.17, 15) is 0 Å². The lowest BCUT2D eigenvalue weighted by molar-refractivity contribution is 0.401. The molecule has 1 saturated heterocycles. The second-order valence-corrected chi connectivity index (χ2v) is 7.17. The molecule has 0 atom stereocenters. The molecular weight excluding hydrogens is 310 g/mol. The summed E-state index contributed by atoms with van der Waals surface area (Å²) in [6, 6.07) is 12.8. The summed E-state index contributed by atoms with van der Waals surface area (Å²) in [5.41, 5.74) is 5.05. The number of hydrogen-bond acceptors (Lipinski definition) is 4. The summed E-state index contributed by atoms with van der Waals surface area (Å²) in [6.07, 6.45) is 5.07. The molecule has 0 bridgehead atoms. The maximum absolute atomic E-state index is 4.86. The molecule has 2 aliphatic rings. The van der Waals surface area contributed by atoms with Gasteiger partial charge in [0.15, 0.2) is 5.65 Å². The highest BCUT2D eigenvalue weighted by molar-refractivity contribution is 5.59. The van der Waals surface area contributed by atoms with E-state index in [1.54, 1.807) is 0 Å². The van der Waals surface area contributed by atoms with E-state index < -0.39 is 0 Å². The zero-order chi connectivity index (χ0) is 16.6. The molecule has 25 heavy (non-hydrogen) atoms. The van der Waals surface area contributed by atoms with Crippen molar-refractivity contribution in [2.24, 2.45) is 5.92 Å². The summed E-state index contributed by atoms with van der Waals surface area (Å²) in [6.45, 7) is 4.25. The van der Waals surface area contributed by atoms with Gasteiger partial charge in [0.25, 0.3) is 0 Å². The molecule has 1 aromatic carbocycles. The van der Waals surface area contributed by atoms with Gasteiger partial charge in [-0.1, -0.05) is 30.3 Å². The predicted octanol–water partition coefficient (Wildman–Crippen LogP) is 2.10. The molecule has 1 fully saturated rings. The minimum atomic E-state index is 0.723. The van der Waals surface area contributed by atoms with Crippen molar-refractivity contribution in [3.8, 4) is 0 Å². The Kier molecular flexibility index (Phi) is 3.67. The molecule has 0 aliphatic carbocycles. The lowest BCUT2D eigenvalue weighted by Gasteiger charge is -2.42. The molecule has 3 aromatic rings. The van der Waals surface area contributed by atoms with Crippen LogP contribution in [0.1, 0.15) is 16.8 Å². The number of fused-ring (bicyclic) bond motifs is 2. The first-order chi connectivity index (χ1) is 12.4. The summed E-state index contributed by atoms with van der Waals surface area (Å²) in [5.74, 6) is 2.00. The Hall–Kier alpha value is -2.40. The fourth-order valence-electron chi connectivity index (χ4n) is 4.16. The van der Waals surface area contributed by atoms with Crippen LogP contribution >= 0.6 is 0 Å². The SMILES string of the molecule is c1ccc(CC2CN(c3c4c(nc5ccnn35)CCNCC4)C2)cc1. The van der Waals surface area contributed by atoms with Crippen molar-refractivity contribution in [3.63, 3.8) is 0 Å². The third-order valence-corrected chi connectivity index (χ3v) is 5.41. The van der Waals surface area contributed by atoms with E-state index in [-0.39, 0.29) is 0 Å². The minimum absolute atomic E-state index is 0.723. The molecule has 2 aliphatic heterocycles. The van der Waals surface area contributed by atoms with Crippen molar-refractivity contribution in [1.82, 2.24) is 19.9 Å². The van der Waals surface area contributed by atoms with Gasteiger partial charge in [-0.3, -0.25) is 0 Å². The number of benzene rings is 1. The van der Waals surface area contributed by atoms with E-state index in [1.165, 1.54) is 22.6 Å². The standard InChI is InChI=1S/C20H23N5/c1-2-4-15(5-3-1)12-16-13-24(14-16)20-17-6-9-21-10-7-18(17)23-19-8-11-22-25(19)20/h1-5,8,11,16,21H,6-7,9-10,12-14H2. The molecule has 0 amide bonds. The molecular formula is C20H23N5. The Morgan fingerprint density at radius 2 is 1.88 bits per heavy atom. The average Bonchev–Trinajstić information content (AvgIpc) is 2.94.